The second kappa shape index (κ2) is 7.87. The molecule has 1 saturated carbocycles. The van der Waals surface area contributed by atoms with Gasteiger partial charge in [-0.05, 0) is 56.8 Å². The summed E-state index contributed by atoms with van der Waals surface area (Å²) < 4.78 is 7.08. The average molecular weight is 392 g/mol. The normalized spacial score (nSPS) is 18.2. The minimum absolute atomic E-state index is 0.00588. The lowest BCUT2D eigenvalue weighted by Gasteiger charge is -2.31. The molecule has 29 heavy (non-hydrogen) atoms. The Morgan fingerprint density at radius 2 is 1.90 bits per heavy atom. The van der Waals surface area contributed by atoms with E-state index in [0.717, 1.165) is 49.8 Å². The molecule has 0 unspecified atom stereocenters. The highest BCUT2D eigenvalue weighted by molar-refractivity contribution is 5.57. The molecular formula is C21H24N6O2. The van der Waals surface area contributed by atoms with E-state index >= 15 is 0 Å². The lowest BCUT2D eigenvalue weighted by Crippen LogP contribution is -2.36. The van der Waals surface area contributed by atoms with Crippen LogP contribution in [0.5, 0.6) is 0 Å². The average Bonchev–Trinajstić information content (AvgIpc) is 3.51. The van der Waals surface area contributed by atoms with Crippen molar-refractivity contribution in [3.05, 3.63) is 59.0 Å². The Morgan fingerprint density at radius 3 is 2.62 bits per heavy atom. The quantitative estimate of drug-likeness (QED) is 0.636. The van der Waals surface area contributed by atoms with Crippen molar-refractivity contribution in [2.75, 3.05) is 13.1 Å². The zero-order chi connectivity index (χ0) is 19.6. The third-order valence-electron chi connectivity index (χ3n) is 5.79. The summed E-state index contributed by atoms with van der Waals surface area (Å²) in [6.07, 6.45) is 9.52. The van der Waals surface area contributed by atoms with Crippen LogP contribution in [0.2, 0.25) is 0 Å². The van der Waals surface area contributed by atoms with Gasteiger partial charge in [0.1, 0.15) is 0 Å². The minimum atomic E-state index is -0.00588. The second-order valence-electron chi connectivity index (χ2n) is 8.04. The van der Waals surface area contributed by atoms with Crippen molar-refractivity contribution in [3.8, 4) is 11.3 Å². The van der Waals surface area contributed by atoms with Crippen LogP contribution < -0.4 is 5.56 Å². The van der Waals surface area contributed by atoms with Crippen molar-refractivity contribution in [1.29, 1.82) is 0 Å². The summed E-state index contributed by atoms with van der Waals surface area (Å²) in [6.45, 7) is 3.42. The van der Waals surface area contributed by atoms with Crippen LogP contribution >= 0.6 is 0 Å². The van der Waals surface area contributed by atoms with Gasteiger partial charge in [0, 0.05) is 36.5 Å². The van der Waals surface area contributed by atoms with Gasteiger partial charge in [-0.25, -0.2) is 4.98 Å². The van der Waals surface area contributed by atoms with E-state index in [2.05, 4.69) is 25.0 Å². The molecule has 0 radical (unpaired) electrons. The third kappa shape index (κ3) is 4.27. The molecule has 3 aromatic rings. The fourth-order valence-electron chi connectivity index (χ4n) is 3.88. The van der Waals surface area contributed by atoms with Gasteiger partial charge in [0.25, 0.3) is 5.56 Å². The molecule has 5 rings (SSSR count). The van der Waals surface area contributed by atoms with Crippen LogP contribution in [-0.2, 0) is 13.1 Å². The summed E-state index contributed by atoms with van der Waals surface area (Å²) in [4.78, 5) is 27.9. The van der Waals surface area contributed by atoms with Crippen LogP contribution in [0.1, 0.15) is 43.3 Å². The van der Waals surface area contributed by atoms with Gasteiger partial charge >= 0.3 is 0 Å². The zero-order valence-corrected chi connectivity index (χ0v) is 16.3. The van der Waals surface area contributed by atoms with Crippen LogP contribution in [-0.4, -0.2) is 42.7 Å². The van der Waals surface area contributed by atoms with Gasteiger partial charge in [0.15, 0.2) is 5.82 Å². The number of pyridine rings is 1. The van der Waals surface area contributed by atoms with Gasteiger partial charge in [-0.3, -0.25) is 19.2 Å². The molecule has 0 N–H and O–H groups in total. The summed E-state index contributed by atoms with van der Waals surface area (Å²) in [5.41, 5.74) is 1.59. The molecule has 0 bridgehead atoms. The van der Waals surface area contributed by atoms with E-state index in [-0.39, 0.29) is 5.56 Å². The minimum Gasteiger partial charge on any atom is -0.339 e. The topological polar surface area (TPSA) is 89.9 Å². The Balaban J connectivity index is 1.16. The predicted molar refractivity (Wildman–Crippen MR) is 106 cm³/mol. The first-order chi connectivity index (χ1) is 14.2. The Kier molecular flexibility index (Phi) is 4.93. The van der Waals surface area contributed by atoms with Crippen molar-refractivity contribution < 1.29 is 4.52 Å². The Labute approximate surface area is 168 Å². The number of piperidine rings is 1. The molecule has 8 nitrogen and oxygen atoms in total. The molecule has 2 aliphatic rings. The van der Waals surface area contributed by atoms with E-state index in [4.69, 9.17) is 4.52 Å². The highest BCUT2D eigenvalue weighted by atomic mass is 16.5. The first kappa shape index (κ1) is 18.2. The van der Waals surface area contributed by atoms with Crippen molar-refractivity contribution >= 4 is 0 Å². The molecule has 0 spiro atoms. The molecule has 8 heteroatoms. The predicted octanol–water partition coefficient (Wildman–Crippen LogP) is 2.48. The number of hydrogen-bond acceptors (Lipinski definition) is 7. The SMILES string of the molecule is O=c1cc(-c2ccncc2)ncn1CC1CCN(Cc2noc(C3CC3)n2)CC1. The van der Waals surface area contributed by atoms with Crippen molar-refractivity contribution in [2.45, 2.75) is 44.7 Å². The Bertz CT molecular complexity index is 1020. The number of hydrogen-bond donors (Lipinski definition) is 0. The van der Waals surface area contributed by atoms with Crippen molar-refractivity contribution in [3.63, 3.8) is 0 Å². The molecule has 2 fully saturated rings. The highest BCUT2D eigenvalue weighted by Gasteiger charge is 2.30. The Hall–Kier alpha value is -2.87. The summed E-state index contributed by atoms with van der Waals surface area (Å²) >= 11 is 0. The van der Waals surface area contributed by atoms with E-state index in [1.165, 1.54) is 12.8 Å². The lowest BCUT2D eigenvalue weighted by molar-refractivity contribution is 0.161. The standard InChI is InChI=1S/C21H24N6O2/c28-20-11-18(16-3-7-22-8-4-16)23-14-27(20)12-15-5-9-26(10-6-15)13-19-24-21(29-25-19)17-1-2-17/h3-4,7-8,11,14-15,17H,1-2,5-6,9-10,12-13H2. The molecule has 1 aliphatic carbocycles. The van der Waals surface area contributed by atoms with Crippen LogP contribution in [0.25, 0.3) is 11.3 Å². The fourth-order valence-corrected chi connectivity index (χ4v) is 3.88. The molecule has 1 saturated heterocycles. The molecule has 4 heterocycles. The van der Waals surface area contributed by atoms with Gasteiger partial charge in [-0.1, -0.05) is 5.16 Å². The molecule has 3 aromatic heterocycles. The van der Waals surface area contributed by atoms with Crippen molar-refractivity contribution in [2.24, 2.45) is 5.92 Å². The number of rotatable bonds is 6. The van der Waals surface area contributed by atoms with Gasteiger partial charge in [0.05, 0.1) is 18.6 Å². The van der Waals surface area contributed by atoms with Crippen molar-refractivity contribution in [1.82, 2.24) is 29.6 Å². The van der Waals surface area contributed by atoms with E-state index in [0.29, 0.717) is 24.1 Å². The maximum Gasteiger partial charge on any atom is 0.253 e. The monoisotopic (exact) mass is 392 g/mol. The molecule has 0 aromatic carbocycles. The number of nitrogens with zero attached hydrogens (tertiary/aromatic N) is 6. The second-order valence-corrected chi connectivity index (χ2v) is 8.04. The third-order valence-corrected chi connectivity index (χ3v) is 5.79. The van der Waals surface area contributed by atoms with Crippen LogP contribution in [0.3, 0.4) is 0 Å². The lowest BCUT2D eigenvalue weighted by atomic mass is 9.96. The first-order valence-corrected chi connectivity index (χ1v) is 10.3. The van der Waals surface area contributed by atoms with E-state index in [1.807, 2.05) is 12.1 Å². The maximum atomic E-state index is 12.5. The molecule has 0 atom stereocenters. The zero-order valence-electron chi connectivity index (χ0n) is 16.3. The summed E-state index contributed by atoms with van der Waals surface area (Å²) in [5, 5.41) is 4.12. The number of aromatic nitrogens is 5. The van der Waals surface area contributed by atoms with E-state index < -0.39 is 0 Å². The first-order valence-electron chi connectivity index (χ1n) is 10.3. The maximum absolute atomic E-state index is 12.5. The molecule has 0 amide bonds. The smallest absolute Gasteiger partial charge is 0.253 e. The molecule has 150 valence electrons. The van der Waals surface area contributed by atoms with Crippen LogP contribution in [0, 0.1) is 5.92 Å². The Morgan fingerprint density at radius 1 is 1.10 bits per heavy atom. The highest BCUT2D eigenvalue weighted by Crippen LogP contribution is 2.38. The summed E-state index contributed by atoms with van der Waals surface area (Å²) in [5.74, 6) is 2.57. The van der Waals surface area contributed by atoms with Crippen LogP contribution in [0.15, 0.2) is 46.2 Å². The summed E-state index contributed by atoms with van der Waals surface area (Å²) in [7, 11) is 0. The van der Waals surface area contributed by atoms with Crippen LogP contribution in [0.4, 0.5) is 0 Å². The summed E-state index contributed by atoms with van der Waals surface area (Å²) in [6, 6.07) is 5.33. The largest absolute Gasteiger partial charge is 0.339 e. The fraction of sp³-hybridized carbons (Fsp3) is 0.476. The van der Waals surface area contributed by atoms with E-state index in [1.54, 1.807) is 29.4 Å². The van der Waals surface area contributed by atoms with Gasteiger partial charge in [-0.2, -0.15) is 4.98 Å². The molecular weight excluding hydrogens is 368 g/mol. The van der Waals surface area contributed by atoms with Gasteiger partial charge < -0.3 is 4.52 Å². The van der Waals surface area contributed by atoms with Gasteiger partial charge in [0.2, 0.25) is 5.89 Å². The van der Waals surface area contributed by atoms with Gasteiger partial charge in [-0.15, -0.1) is 0 Å². The molecule has 1 aliphatic heterocycles. The number of likely N-dealkylation sites (tertiary alicyclic amines) is 1. The van der Waals surface area contributed by atoms with E-state index in [9.17, 15) is 4.79 Å².